The van der Waals surface area contributed by atoms with Crippen molar-refractivity contribution in [2.24, 2.45) is 5.73 Å². The smallest absolute Gasteiger partial charge is 0.254 e. The second kappa shape index (κ2) is 6.33. The van der Waals surface area contributed by atoms with Gasteiger partial charge in [-0.3, -0.25) is 9.69 Å². The average Bonchev–Trinajstić information content (AvgIpc) is 2.38. The highest BCUT2D eigenvalue weighted by Crippen LogP contribution is 2.17. The van der Waals surface area contributed by atoms with Crippen LogP contribution in [0.2, 0.25) is 0 Å². The lowest BCUT2D eigenvalue weighted by Gasteiger charge is -2.35. The van der Waals surface area contributed by atoms with Crippen LogP contribution in [0.25, 0.3) is 0 Å². The number of hydrogen-bond acceptors (Lipinski definition) is 3. The normalized spacial score (nSPS) is 16.2. The van der Waals surface area contributed by atoms with Crippen LogP contribution in [-0.4, -0.2) is 53.4 Å². The van der Waals surface area contributed by atoms with Crippen LogP contribution in [0.4, 0.5) is 0 Å². The number of carbonyl (C=O) groups is 1. The fraction of sp³-hybridized carbons (Fsp3) is 0.467. The zero-order valence-electron chi connectivity index (χ0n) is 12.1. The minimum absolute atomic E-state index is 0.135. The van der Waals surface area contributed by atoms with E-state index in [2.05, 4.69) is 4.90 Å². The molecule has 108 valence electrons. The molecular formula is C15H21N3OS. The molecule has 1 aliphatic rings. The lowest BCUT2D eigenvalue weighted by atomic mass is 10.0. The first kappa shape index (κ1) is 14.9. The van der Waals surface area contributed by atoms with Crippen LogP contribution in [0, 0.1) is 13.8 Å². The van der Waals surface area contributed by atoms with Gasteiger partial charge in [-0.05, 0) is 25.0 Å². The summed E-state index contributed by atoms with van der Waals surface area (Å²) in [5.74, 6) is 0.135. The Morgan fingerprint density at radius 3 is 2.25 bits per heavy atom. The van der Waals surface area contributed by atoms with Gasteiger partial charge in [0, 0.05) is 38.3 Å². The van der Waals surface area contributed by atoms with E-state index in [-0.39, 0.29) is 5.91 Å². The fourth-order valence-corrected chi connectivity index (χ4v) is 2.82. The molecule has 5 heteroatoms. The first-order valence-electron chi connectivity index (χ1n) is 6.85. The Morgan fingerprint density at radius 2 is 1.75 bits per heavy atom. The number of piperazine rings is 1. The molecule has 2 N–H and O–H groups in total. The van der Waals surface area contributed by atoms with Crippen molar-refractivity contribution in [2.45, 2.75) is 13.8 Å². The number of benzene rings is 1. The number of thiocarbonyl (C=S) groups is 1. The Labute approximate surface area is 125 Å². The predicted molar refractivity (Wildman–Crippen MR) is 85.0 cm³/mol. The highest BCUT2D eigenvalue weighted by Gasteiger charge is 2.24. The summed E-state index contributed by atoms with van der Waals surface area (Å²) in [6.45, 7) is 7.74. The van der Waals surface area contributed by atoms with Gasteiger partial charge in [0.1, 0.15) is 0 Å². The lowest BCUT2D eigenvalue weighted by molar-refractivity contribution is 0.0653. The number of nitrogens with zero attached hydrogens (tertiary/aromatic N) is 2. The largest absolute Gasteiger partial charge is 0.392 e. The summed E-state index contributed by atoms with van der Waals surface area (Å²) in [7, 11) is 0. The molecule has 0 spiro atoms. The number of nitrogens with two attached hydrogens (primary N) is 1. The van der Waals surface area contributed by atoms with Crippen molar-refractivity contribution in [3.8, 4) is 0 Å². The van der Waals surface area contributed by atoms with E-state index < -0.39 is 0 Å². The molecule has 0 aliphatic carbocycles. The maximum absolute atomic E-state index is 12.6. The van der Waals surface area contributed by atoms with Gasteiger partial charge in [0.05, 0.1) is 4.99 Å². The summed E-state index contributed by atoms with van der Waals surface area (Å²) in [5.41, 5.74) is 8.48. The molecule has 1 heterocycles. The maximum Gasteiger partial charge on any atom is 0.254 e. The monoisotopic (exact) mass is 291 g/mol. The summed E-state index contributed by atoms with van der Waals surface area (Å²) in [5, 5.41) is 0. The molecule has 1 aromatic rings. The SMILES string of the molecule is Cc1cccc(C)c1C(=O)N1CCN(CC(N)=S)CC1. The zero-order valence-corrected chi connectivity index (χ0v) is 12.9. The van der Waals surface area contributed by atoms with Crippen LogP contribution in [0.15, 0.2) is 18.2 Å². The number of rotatable bonds is 3. The van der Waals surface area contributed by atoms with Crippen molar-refractivity contribution in [1.82, 2.24) is 9.80 Å². The Kier molecular flexibility index (Phi) is 4.73. The van der Waals surface area contributed by atoms with Crippen molar-refractivity contribution < 1.29 is 4.79 Å². The first-order chi connectivity index (χ1) is 9.49. The molecule has 0 atom stereocenters. The summed E-state index contributed by atoms with van der Waals surface area (Å²) < 4.78 is 0. The molecule has 4 nitrogen and oxygen atoms in total. The van der Waals surface area contributed by atoms with Gasteiger partial charge in [0.25, 0.3) is 5.91 Å². The minimum Gasteiger partial charge on any atom is -0.392 e. The molecular weight excluding hydrogens is 270 g/mol. The number of carbonyl (C=O) groups excluding carboxylic acids is 1. The summed E-state index contributed by atoms with van der Waals surface area (Å²) >= 11 is 4.92. The van der Waals surface area contributed by atoms with E-state index >= 15 is 0 Å². The Hall–Kier alpha value is -1.46. The quantitative estimate of drug-likeness (QED) is 0.854. The molecule has 0 saturated carbocycles. The Bertz CT molecular complexity index is 502. The molecule has 0 radical (unpaired) electrons. The number of aryl methyl sites for hydroxylation is 2. The van der Waals surface area contributed by atoms with Gasteiger partial charge in [-0.25, -0.2) is 0 Å². The predicted octanol–water partition coefficient (Wildman–Crippen LogP) is 1.35. The third-order valence-electron chi connectivity index (χ3n) is 3.73. The summed E-state index contributed by atoms with van der Waals surface area (Å²) in [4.78, 5) is 17.3. The van der Waals surface area contributed by atoms with Gasteiger partial charge in [0.15, 0.2) is 0 Å². The van der Waals surface area contributed by atoms with E-state index in [0.717, 1.165) is 42.9 Å². The van der Waals surface area contributed by atoms with Crippen LogP contribution in [-0.2, 0) is 0 Å². The van der Waals surface area contributed by atoms with Gasteiger partial charge in [-0.1, -0.05) is 30.4 Å². The highest BCUT2D eigenvalue weighted by atomic mass is 32.1. The molecule has 1 aliphatic heterocycles. The van der Waals surface area contributed by atoms with E-state index in [9.17, 15) is 4.79 Å². The van der Waals surface area contributed by atoms with Crippen LogP contribution < -0.4 is 5.73 Å². The molecule has 1 fully saturated rings. The van der Waals surface area contributed by atoms with Gasteiger partial charge >= 0.3 is 0 Å². The van der Waals surface area contributed by atoms with Crippen molar-refractivity contribution in [1.29, 1.82) is 0 Å². The standard InChI is InChI=1S/C15H21N3OS/c1-11-4-3-5-12(2)14(11)15(19)18-8-6-17(7-9-18)10-13(16)20/h3-5H,6-10H2,1-2H3,(H2,16,20). The van der Waals surface area contributed by atoms with Crippen molar-refractivity contribution in [3.05, 3.63) is 34.9 Å². The minimum atomic E-state index is 0.135. The molecule has 0 unspecified atom stereocenters. The molecule has 20 heavy (non-hydrogen) atoms. The van der Waals surface area contributed by atoms with Crippen LogP contribution >= 0.6 is 12.2 Å². The highest BCUT2D eigenvalue weighted by molar-refractivity contribution is 7.80. The maximum atomic E-state index is 12.6. The van der Waals surface area contributed by atoms with E-state index in [0.29, 0.717) is 11.5 Å². The third-order valence-corrected chi connectivity index (χ3v) is 3.86. The van der Waals surface area contributed by atoms with Gasteiger partial charge in [0.2, 0.25) is 0 Å². The lowest BCUT2D eigenvalue weighted by Crippen LogP contribution is -2.50. The molecule has 1 aromatic carbocycles. The Balaban J connectivity index is 2.04. The third kappa shape index (κ3) is 3.35. The van der Waals surface area contributed by atoms with E-state index in [4.69, 9.17) is 18.0 Å². The molecule has 1 amide bonds. The van der Waals surface area contributed by atoms with Gasteiger partial charge in [-0.15, -0.1) is 0 Å². The van der Waals surface area contributed by atoms with Crippen molar-refractivity contribution in [2.75, 3.05) is 32.7 Å². The molecule has 0 aromatic heterocycles. The number of hydrogen-bond donors (Lipinski definition) is 1. The topological polar surface area (TPSA) is 49.6 Å². The zero-order chi connectivity index (χ0) is 14.7. The number of amides is 1. The summed E-state index contributed by atoms with van der Waals surface area (Å²) in [6.07, 6.45) is 0. The van der Waals surface area contributed by atoms with Gasteiger partial charge < -0.3 is 10.6 Å². The Morgan fingerprint density at radius 1 is 1.20 bits per heavy atom. The van der Waals surface area contributed by atoms with E-state index in [1.165, 1.54) is 0 Å². The van der Waals surface area contributed by atoms with Crippen molar-refractivity contribution in [3.63, 3.8) is 0 Å². The second-order valence-corrected chi connectivity index (χ2v) is 5.83. The van der Waals surface area contributed by atoms with Crippen molar-refractivity contribution >= 4 is 23.1 Å². The average molecular weight is 291 g/mol. The fourth-order valence-electron chi connectivity index (χ4n) is 2.64. The molecule has 1 saturated heterocycles. The summed E-state index contributed by atoms with van der Waals surface area (Å²) in [6, 6.07) is 5.97. The molecule has 0 bridgehead atoms. The van der Waals surface area contributed by atoms with E-state index in [1.54, 1.807) is 0 Å². The van der Waals surface area contributed by atoms with Gasteiger partial charge in [-0.2, -0.15) is 0 Å². The van der Waals surface area contributed by atoms with Crippen LogP contribution in [0.1, 0.15) is 21.5 Å². The first-order valence-corrected chi connectivity index (χ1v) is 7.26. The second-order valence-electron chi connectivity index (χ2n) is 5.30. The molecule has 2 rings (SSSR count). The van der Waals surface area contributed by atoms with E-state index in [1.807, 2.05) is 36.9 Å². The van der Waals surface area contributed by atoms with Crippen LogP contribution in [0.3, 0.4) is 0 Å². The van der Waals surface area contributed by atoms with Crippen LogP contribution in [0.5, 0.6) is 0 Å².